The van der Waals surface area contributed by atoms with Gasteiger partial charge in [0, 0.05) is 6.42 Å². The van der Waals surface area contributed by atoms with Gasteiger partial charge in [-0.25, -0.2) is 15.0 Å². The predicted molar refractivity (Wildman–Crippen MR) is 103 cm³/mol. The van der Waals surface area contributed by atoms with Crippen LogP contribution in [0.15, 0.2) is 6.33 Å². The van der Waals surface area contributed by atoms with E-state index in [1.807, 2.05) is 6.33 Å². The number of aromatic nitrogens is 3. The Labute approximate surface area is 160 Å². The highest BCUT2D eigenvalue weighted by molar-refractivity contribution is 7.71. The maximum Gasteiger partial charge on any atom is 0.281 e. The number of morpholine rings is 1. The number of aromatic amines is 3. The van der Waals surface area contributed by atoms with Crippen LogP contribution >= 0.6 is 23.6 Å². The minimum absolute atomic E-state index is 0.171. The highest BCUT2D eigenvalue weighted by atomic mass is 32.1. The third kappa shape index (κ3) is 2.55. The average molecular weight is 391 g/mol. The number of pyridine rings is 1. The summed E-state index contributed by atoms with van der Waals surface area (Å²) in [5.74, 6) is 1.17. The van der Waals surface area contributed by atoms with Crippen molar-refractivity contribution in [2.45, 2.75) is 32.5 Å². The van der Waals surface area contributed by atoms with E-state index < -0.39 is 0 Å². The van der Waals surface area contributed by atoms with Gasteiger partial charge in [0.1, 0.15) is 17.8 Å². The van der Waals surface area contributed by atoms with Crippen molar-refractivity contribution >= 4 is 49.8 Å². The van der Waals surface area contributed by atoms with Crippen molar-refractivity contribution in [3.63, 3.8) is 0 Å². The summed E-state index contributed by atoms with van der Waals surface area (Å²) in [6, 6.07) is 0. The maximum atomic E-state index is 6.17. The van der Waals surface area contributed by atoms with Gasteiger partial charge < -0.3 is 9.47 Å². The summed E-state index contributed by atoms with van der Waals surface area (Å²) in [6.07, 6.45) is 2.71. The molecule has 1 fully saturated rings. The molecule has 8 heteroatoms. The van der Waals surface area contributed by atoms with Crippen molar-refractivity contribution < 1.29 is 19.4 Å². The Morgan fingerprint density at radius 1 is 1.27 bits per heavy atom. The first-order valence-electron chi connectivity index (χ1n) is 8.93. The van der Waals surface area contributed by atoms with Gasteiger partial charge in [0.15, 0.2) is 10.3 Å². The Morgan fingerprint density at radius 2 is 2.08 bits per heavy atom. The summed E-state index contributed by atoms with van der Waals surface area (Å²) in [6.45, 7) is 8.27. The quantitative estimate of drug-likeness (QED) is 0.648. The smallest absolute Gasteiger partial charge is 0.281 e. The molecule has 0 aromatic carbocycles. The van der Waals surface area contributed by atoms with E-state index in [2.05, 4.69) is 33.7 Å². The van der Waals surface area contributed by atoms with Crippen molar-refractivity contribution in [2.24, 2.45) is 0 Å². The van der Waals surface area contributed by atoms with E-state index in [1.165, 1.54) is 27.2 Å². The number of fused-ring (bicyclic) bond motifs is 5. The molecule has 6 nitrogen and oxygen atoms in total. The van der Waals surface area contributed by atoms with Crippen LogP contribution < -0.4 is 14.9 Å². The van der Waals surface area contributed by atoms with Crippen molar-refractivity contribution in [3.05, 3.63) is 22.1 Å². The van der Waals surface area contributed by atoms with E-state index in [0.717, 1.165) is 47.6 Å². The number of nitrogens with zero attached hydrogens (tertiary/aromatic N) is 1. The van der Waals surface area contributed by atoms with Gasteiger partial charge in [0.2, 0.25) is 11.0 Å². The first-order chi connectivity index (χ1) is 12.5. The molecule has 0 atom stereocenters. The standard InChI is InChI=1S/C18H20N4O2S2/c1-18(2)7-10-11(8-24-18)15(22-3-5-23-6-4-22)21-17-12(10)13-14(26-17)16(25)20-9-19-13/h9H,3-8H2,1-2H3,(H,19,20,25)/p+2. The van der Waals surface area contributed by atoms with Gasteiger partial charge in [0.05, 0.1) is 36.4 Å². The van der Waals surface area contributed by atoms with Gasteiger partial charge in [0.25, 0.3) is 5.82 Å². The van der Waals surface area contributed by atoms with Crippen molar-refractivity contribution in [2.75, 3.05) is 31.2 Å². The van der Waals surface area contributed by atoms with Crippen LogP contribution in [0.3, 0.4) is 0 Å². The second kappa shape index (κ2) is 5.95. The lowest BCUT2D eigenvalue weighted by Crippen LogP contribution is -2.42. The molecule has 0 saturated carbocycles. The molecular formula is C18H22N4O2S2+2. The summed E-state index contributed by atoms with van der Waals surface area (Å²) < 4.78 is 13.6. The average Bonchev–Trinajstić information content (AvgIpc) is 3.01. The number of anilines is 1. The molecule has 3 aromatic heterocycles. The molecule has 0 aliphatic carbocycles. The van der Waals surface area contributed by atoms with E-state index in [9.17, 15) is 0 Å². The van der Waals surface area contributed by atoms with Gasteiger partial charge in [-0.2, -0.15) is 0 Å². The molecule has 0 spiro atoms. The second-order valence-corrected chi connectivity index (χ2v) is 8.96. The normalized spacial score (nSPS) is 19.8. The van der Waals surface area contributed by atoms with Crippen molar-refractivity contribution in [1.82, 2.24) is 4.98 Å². The zero-order valence-electron chi connectivity index (χ0n) is 14.9. The highest BCUT2D eigenvalue weighted by Gasteiger charge is 2.36. The number of thiophene rings is 1. The third-order valence-electron chi connectivity index (χ3n) is 5.26. The fourth-order valence-electron chi connectivity index (χ4n) is 3.97. The largest absolute Gasteiger partial charge is 0.373 e. The molecule has 0 amide bonds. The Bertz CT molecular complexity index is 1070. The Morgan fingerprint density at radius 3 is 2.88 bits per heavy atom. The number of hydrogen-bond acceptors (Lipinski definition) is 5. The Kier molecular flexibility index (Phi) is 3.79. The van der Waals surface area contributed by atoms with Crippen molar-refractivity contribution in [3.8, 4) is 0 Å². The molecule has 3 aromatic rings. The molecular weight excluding hydrogens is 368 g/mol. The van der Waals surface area contributed by atoms with Crippen molar-refractivity contribution in [1.29, 1.82) is 0 Å². The minimum atomic E-state index is -0.171. The lowest BCUT2D eigenvalue weighted by atomic mass is 9.90. The van der Waals surface area contributed by atoms with Crippen LogP contribution in [-0.2, 0) is 22.5 Å². The number of H-pyrrole nitrogens is 3. The first kappa shape index (κ1) is 16.6. The highest BCUT2D eigenvalue weighted by Crippen LogP contribution is 2.40. The van der Waals surface area contributed by atoms with E-state index in [0.29, 0.717) is 6.61 Å². The number of rotatable bonds is 1. The molecule has 5 rings (SSSR count). The third-order valence-corrected chi connectivity index (χ3v) is 6.83. The van der Waals surface area contributed by atoms with E-state index in [-0.39, 0.29) is 5.60 Å². The van der Waals surface area contributed by atoms with Crippen LogP contribution in [0.1, 0.15) is 25.0 Å². The summed E-state index contributed by atoms with van der Waals surface area (Å²) >= 11 is 7.24. The molecule has 1 saturated heterocycles. The molecule has 3 N–H and O–H groups in total. The predicted octanol–water partition coefficient (Wildman–Crippen LogP) is 2.43. The van der Waals surface area contributed by atoms with Gasteiger partial charge >= 0.3 is 0 Å². The molecule has 2 aliphatic heterocycles. The minimum Gasteiger partial charge on any atom is -0.373 e. The zero-order valence-corrected chi connectivity index (χ0v) is 16.5. The van der Waals surface area contributed by atoms with Crippen LogP contribution in [0.5, 0.6) is 0 Å². The summed E-state index contributed by atoms with van der Waals surface area (Å²) in [5.41, 5.74) is 3.59. The van der Waals surface area contributed by atoms with Crippen LogP contribution in [0.4, 0.5) is 5.82 Å². The van der Waals surface area contributed by atoms with E-state index in [4.69, 9.17) is 21.7 Å². The Hall–Kier alpha value is -1.61. The fraction of sp³-hybridized carbons (Fsp3) is 0.500. The van der Waals surface area contributed by atoms with E-state index >= 15 is 0 Å². The second-order valence-electron chi connectivity index (χ2n) is 7.53. The maximum absolute atomic E-state index is 6.17. The lowest BCUT2D eigenvalue weighted by Gasteiger charge is -2.33. The topological polar surface area (TPSA) is 65.8 Å². The van der Waals surface area contributed by atoms with Crippen LogP contribution in [0.25, 0.3) is 20.4 Å². The molecule has 0 bridgehead atoms. The van der Waals surface area contributed by atoms with Gasteiger partial charge in [-0.15, -0.1) is 0 Å². The number of ether oxygens (including phenoxy) is 2. The molecule has 2 aliphatic rings. The fourth-order valence-corrected chi connectivity index (χ4v) is 5.35. The van der Waals surface area contributed by atoms with Crippen LogP contribution in [-0.4, -0.2) is 36.9 Å². The zero-order chi connectivity index (χ0) is 17.9. The number of nitrogens with one attached hydrogen (secondary N) is 3. The van der Waals surface area contributed by atoms with Crippen LogP contribution in [0, 0.1) is 4.64 Å². The summed E-state index contributed by atoms with van der Waals surface area (Å²) in [4.78, 5) is 13.7. The van der Waals surface area contributed by atoms with Crippen LogP contribution in [0.2, 0.25) is 0 Å². The van der Waals surface area contributed by atoms with Gasteiger partial charge in [-0.1, -0.05) is 11.3 Å². The summed E-state index contributed by atoms with van der Waals surface area (Å²) in [5, 5.41) is 1.26. The molecule has 5 heterocycles. The molecule has 136 valence electrons. The number of hydrogen-bond donors (Lipinski definition) is 1. The SMILES string of the molecule is CC1(C)Cc2c(c(N3CCOCC3)[nH+]c3sc4c(=S)[nH+]c[nH]c4c23)CO1. The molecule has 26 heavy (non-hydrogen) atoms. The molecule has 0 unspecified atom stereocenters. The first-order valence-corrected chi connectivity index (χ1v) is 10.2. The summed E-state index contributed by atoms with van der Waals surface area (Å²) in [7, 11) is 0. The Balaban J connectivity index is 1.83. The van der Waals surface area contributed by atoms with Gasteiger partial charge in [-0.05, 0) is 31.6 Å². The van der Waals surface area contributed by atoms with Gasteiger partial charge in [-0.3, -0.25) is 4.90 Å². The molecule has 0 radical (unpaired) electrons. The van der Waals surface area contributed by atoms with E-state index in [1.54, 1.807) is 11.3 Å². The monoisotopic (exact) mass is 390 g/mol. The lowest BCUT2D eigenvalue weighted by molar-refractivity contribution is -0.388.